The van der Waals surface area contributed by atoms with Crippen molar-refractivity contribution in [2.45, 2.75) is 13.8 Å². The molecule has 0 atom stereocenters. The highest BCUT2D eigenvalue weighted by Gasteiger charge is 2.16. The lowest BCUT2D eigenvalue weighted by atomic mass is 10.3. The van der Waals surface area contributed by atoms with E-state index in [2.05, 4.69) is 21.1 Å². The van der Waals surface area contributed by atoms with Gasteiger partial charge in [-0.1, -0.05) is 0 Å². The Morgan fingerprint density at radius 2 is 1.19 bits per heavy atom. The minimum atomic E-state index is -0.602. The number of rotatable bonds is 6. The molecule has 0 saturated heterocycles. The molecule has 3 rings (SSSR count). The highest BCUT2D eigenvalue weighted by atomic mass is 16.4. The third kappa shape index (κ3) is 4.40. The van der Waals surface area contributed by atoms with Crippen molar-refractivity contribution in [3.05, 3.63) is 72.0 Å². The molecule has 0 unspecified atom stereocenters. The van der Waals surface area contributed by atoms with Gasteiger partial charge in [-0.2, -0.15) is 10.2 Å². The van der Waals surface area contributed by atoms with E-state index in [0.29, 0.717) is 22.9 Å². The molecule has 2 N–H and O–H groups in total. The van der Waals surface area contributed by atoms with Crippen LogP contribution in [0.15, 0.2) is 72.4 Å². The first-order valence-electron chi connectivity index (χ1n) is 7.91. The molecule has 0 saturated carbocycles. The second-order valence-electron chi connectivity index (χ2n) is 5.39. The van der Waals surface area contributed by atoms with Crippen LogP contribution in [0.3, 0.4) is 0 Å². The Kier molecular flexibility index (Phi) is 5.31. The fourth-order valence-electron chi connectivity index (χ4n) is 2.04. The molecule has 2 amide bonds. The normalized spacial score (nSPS) is 12.1. The molecule has 3 aromatic rings. The van der Waals surface area contributed by atoms with Crippen LogP contribution >= 0.6 is 0 Å². The van der Waals surface area contributed by atoms with E-state index in [1.807, 2.05) is 0 Å². The zero-order valence-corrected chi connectivity index (χ0v) is 14.6. The van der Waals surface area contributed by atoms with E-state index in [1.54, 1.807) is 38.1 Å². The van der Waals surface area contributed by atoms with Crippen molar-refractivity contribution in [1.29, 1.82) is 0 Å². The van der Waals surface area contributed by atoms with Gasteiger partial charge in [0.2, 0.25) is 0 Å². The van der Waals surface area contributed by atoms with Gasteiger partial charge in [0, 0.05) is 0 Å². The standard InChI is InChI=1S/C18H16N4O5/c1-11(13-5-3-9-25-13)19-21-17(23)15-7-8-16(27-15)18(24)22-20-12(2)14-6-4-10-26-14/h3-10H,1-2H3,(H,21,23)(H,22,24). The van der Waals surface area contributed by atoms with Crippen LogP contribution in [-0.4, -0.2) is 23.2 Å². The molecule has 0 bridgehead atoms. The van der Waals surface area contributed by atoms with Crippen molar-refractivity contribution < 1.29 is 22.8 Å². The molecule has 0 aliphatic carbocycles. The Morgan fingerprint density at radius 1 is 0.741 bits per heavy atom. The number of carbonyl (C=O) groups excluding carboxylic acids is 2. The average molecular weight is 368 g/mol. The van der Waals surface area contributed by atoms with Gasteiger partial charge in [0.1, 0.15) is 22.9 Å². The van der Waals surface area contributed by atoms with E-state index in [0.717, 1.165) is 0 Å². The van der Waals surface area contributed by atoms with E-state index in [1.165, 1.54) is 24.7 Å². The van der Waals surface area contributed by atoms with Crippen molar-refractivity contribution in [3.63, 3.8) is 0 Å². The predicted octanol–water partition coefficient (Wildman–Crippen LogP) is 2.77. The molecule has 9 heteroatoms. The van der Waals surface area contributed by atoms with E-state index < -0.39 is 11.8 Å². The maximum Gasteiger partial charge on any atom is 0.307 e. The summed E-state index contributed by atoms with van der Waals surface area (Å²) in [6.45, 7) is 3.36. The van der Waals surface area contributed by atoms with Crippen molar-refractivity contribution in [2.75, 3.05) is 0 Å². The Hall–Kier alpha value is -3.88. The van der Waals surface area contributed by atoms with Crippen molar-refractivity contribution in [2.24, 2.45) is 10.2 Å². The number of nitrogens with zero attached hydrogens (tertiary/aromatic N) is 2. The van der Waals surface area contributed by atoms with Gasteiger partial charge in [-0.15, -0.1) is 0 Å². The number of hydrogen-bond acceptors (Lipinski definition) is 7. The molecule has 27 heavy (non-hydrogen) atoms. The predicted molar refractivity (Wildman–Crippen MR) is 95.5 cm³/mol. The molecule has 3 aromatic heterocycles. The van der Waals surface area contributed by atoms with Crippen LogP contribution in [0.1, 0.15) is 46.5 Å². The van der Waals surface area contributed by atoms with Gasteiger partial charge in [0.15, 0.2) is 11.5 Å². The zero-order chi connectivity index (χ0) is 19.2. The van der Waals surface area contributed by atoms with Crippen LogP contribution in [0.5, 0.6) is 0 Å². The van der Waals surface area contributed by atoms with E-state index in [9.17, 15) is 9.59 Å². The summed E-state index contributed by atoms with van der Waals surface area (Å²) in [5.41, 5.74) is 5.64. The molecule has 9 nitrogen and oxygen atoms in total. The van der Waals surface area contributed by atoms with Crippen LogP contribution in [0.25, 0.3) is 0 Å². The summed E-state index contributed by atoms with van der Waals surface area (Å²) >= 11 is 0. The molecule has 0 aliphatic heterocycles. The van der Waals surface area contributed by atoms with Crippen molar-refractivity contribution in [3.8, 4) is 0 Å². The number of hydrazone groups is 2. The SMILES string of the molecule is CC(=NNC(=O)c1ccc(C(=O)NN=C(C)c2ccco2)o1)c1ccco1. The summed E-state index contributed by atoms with van der Waals surface area (Å²) in [7, 11) is 0. The minimum Gasteiger partial charge on any atom is -0.463 e. The first-order chi connectivity index (χ1) is 13.0. The Labute approximate surface area is 153 Å². The van der Waals surface area contributed by atoms with Gasteiger partial charge in [0.05, 0.1) is 12.5 Å². The second-order valence-corrected chi connectivity index (χ2v) is 5.39. The fraction of sp³-hybridized carbons (Fsp3) is 0.111. The molecular formula is C18H16N4O5. The van der Waals surface area contributed by atoms with Gasteiger partial charge < -0.3 is 13.3 Å². The zero-order valence-electron chi connectivity index (χ0n) is 14.6. The maximum absolute atomic E-state index is 12.1. The Balaban J connectivity index is 1.60. The summed E-state index contributed by atoms with van der Waals surface area (Å²) in [6.07, 6.45) is 3.01. The average Bonchev–Trinajstić information content (AvgIpc) is 3.44. The van der Waals surface area contributed by atoms with Gasteiger partial charge in [-0.25, -0.2) is 10.9 Å². The van der Waals surface area contributed by atoms with Gasteiger partial charge in [-0.3, -0.25) is 9.59 Å². The Bertz CT molecular complexity index is 902. The van der Waals surface area contributed by atoms with Crippen molar-refractivity contribution in [1.82, 2.24) is 10.9 Å². The molecule has 0 aromatic carbocycles. The van der Waals surface area contributed by atoms with E-state index >= 15 is 0 Å². The maximum atomic E-state index is 12.1. The number of furan rings is 3. The molecule has 138 valence electrons. The quantitative estimate of drug-likeness (QED) is 0.512. The smallest absolute Gasteiger partial charge is 0.307 e. The molecule has 0 aliphatic rings. The third-order valence-electron chi connectivity index (χ3n) is 3.46. The lowest BCUT2D eigenvalue weighted by molar-refractivity contribution is 0.0902. The largest absolute Gasteiger partial charge is 0.463 e. The van der Waals surface area contributed by atoms with Crippen LogP contribution < -0.4 is 10.9 Å². The van der Waals surface area contributed by atoms with Crippen LogP contribution in [0.2, 0.25) is 0 Å². The summed E-state index contributed by atoms with van der Waals surface area (Å²) in [5.74, 6) is -0.282. The fourth-order valence-corrected chi connectivity index (χ4v) is 2.04. The number of nitrogens with one attached hydrogen (secondary N) is 2. The van der Waals surface area contributed by atoms with Crippen LogP contribution in [-0.2, 0) is 0 Å². The summed E-state index contributed by atoms with van der Waals surface area (Å²) in [6, 6.07) is 9.58. The molecule has 0 radical (unpaired) electrons. The lowest BCUT2D eigenvalue weighted by Gasteiger charge is -1.99. The second kappa shape index (κ2) is 8.00. The number of carbonyl (C=O) groups is 2. The monoisotopic (exact) mass is 368 g/mol. The summed E-state index contributed by atoms with van der Waals surface area (Å²) in [5, 5.41) is 7.83. The lowest BCUT2D eigenvalue weighted by Crippen LogP contribution is -2.20. The van der Waals surface area contributed by atoms with Gasteiger partial charge >= 0.3 is 11.8 Å². The Morgan fingerprint density at radius 3 is 1.56 bits per heavy atom. The topological polar surface area (TPSA) is 122 Å². The van der Waals surface area contributed by atoms with Crippen molar-refractivity contribution >= 4 is 23.2 Å². The van der Waals surface area contributed by atoms with Gasteiger partial charge in [-0.05, 0) is 50.2 Å². The van der Waals surface area contributed by atoms with Crippen LogP contribution in [0, 0.1) is 0 Å². The minimum absolute atomic E-state index is 0.0668. The third-order valence-corrected chi connectivity index (χ3v) is 3.46. The first-order valence-corrected chi connectivity index (χ1v) is 7.91. The summed E-state index contributed by atoms with van der Waals surface area (Å²) < 4.78 is 15.6. The van der Waals surface area contributed by atoms with Crippen LogP contribution in [0.4, 0.5) is 0 Å². The summed E-state index contributed by atoms with van der Waals surface area (Å²) in [4.78, 5) is 24.1. The van der Waals surface area contributed by atoms with Gasteiger partial charge in [0.25, 0.3) is 0 Å². The van der Waals surface area contributed by atoms with E-state index in [-0.39, 0.29) is 11.5 Å². The highest BCUT2D eigenvalue weighted by molar-refractivity contribution is 6.00. The highest BCUT2D eigenvalue weighted by Crippen LogP contribution is 2.09. The molecule has 0 spiro atoms. The molecular weight excluding hydrogens is 352 g/mol. The molecule has 0 fully saturated rings. The number of amides is 2. The first kappa shape index (κ1) is 17.9. The molecule has 3 heterocycles. The van der Waals surface area contributed by atoms with E-state index in [4.69, 9.17) is 13.3 Å². The number of hydrogen-bond donors (Lipinski definition) is 2.